The number of hydrogen-bond donors (Lipinski definition) is 1. The van der Waals surface area contributed by atoms with Crippen LogP contribution in [0.1, 0.15) is 12.8 Å². The maximum absolute atomic E-state index is 10.9. The van der Waals surface area contributed by atoms with E-state index in [0.29, 0.717) is 18.7 Å². The van der Waals surface area contributed by atoms with Gasteiger partial charge in [-0.2, -0.15) is 0 Å². The summed E-state index contributed by atoms with van der Waals surface area (Å²) in [6.07, 6.45) is 3.46. The minimum absolute atomic E-state index is 0.257. The van der Waals surface area contributed by atoms with Crippen LogP contribution >= 0.6 is 0 Å². The Kier molecular flexibility index (Phi) is 2.67. The van der Waals surface area contributed by atoms with Crippen LogP contribution in [0.3, 0.4) is 0 Å². The Hall–Kier alpha value is -0.350. The number of nitrogens with two attached hydrogens (primary N) is 1. The zero-order chi connectivity index (χ0) is 8.32. The van der Waals surface area contributed by atoms with Gasteiger partial charge in [-0.1, -0.05) is 11.6 Å². The van der Waals surface area contributed by atoms with Gasteiger partial charge in [-0.3, -0.25) is 0 Å². The molecule has 1 saturated heterocycles. The summed E-state index contributed by atoms with van der Waals surface area (Å²) in [6, 6.07) is 0. The fourth-order valence-corrected chi connectivity index (χ4v) is 2.71. The Labute approximate surface area is 67.2 Å². The number of sulfone groups is 1. The van der Waals surface area contributed by atoms with Crippen molar-refractivity contribution >= 4 is 9.84 Å². The summed E-state index contributed by atoms with van der Waals surface area (Å²) in [7, 11) is -2.73. The highest BCUT2D eigenvalue weighted by atomic mass is 32.2. The molecule has 0 unspecified atom stereocenters. The second-order valence-corrected chi connectivity index (χ2v) is 4.97. The summed E-state index contributed by atoms with van der Waals surface area (Å²) in [5, 5.41) is 0. The van der Waals surface area contributed by atoms with Gasteiger partial charge in [0.15, 0.2) is 9.84 Å². The third kappa shape index (κ3) is 2.63. The molecule has 2 N–H and O–H groups in total. The van der Waals surface area contributed by atoms with Gasteiger partial charge in [0.2, 0.25) is 0 Å². The molecule has 1 rings (SSSR count). The van der Waals surface area contributed by atoms with E-state index in [1.165, 1.54) is 0 Å². The maximum Gasteiger partial charge on any atom is 0.154 e. The van der Waals surface area contributed by atoms with Gasteiger partial charge >= 0.3 is 0 Å². The van der Waals surface area contributed by atoms with Crippen molar-refractivity contribution in [2.45, 2.75) is 12.8 Å². The van der Waals surface area contributed by atoms with Gasteiger partial charge in [0.1, 0.15) is 0 Å². The molecule has 0 saturated carbocycles. The van der Waals surface area contributed by atoms with Crippen molar-refractivity contribution in [1.29, 1.82) is 0 Å². The van der Waals surface area contributed by atoms with Crippen molar-refractivity contribution in [1.82, 2.24) is 0 Å². The molecule has 1 aliphatic heterocycles. The van der Waals surface area contributed by atoms with Gasteiger partial charge in [0.25, 0.3) is 0 Å². The normalized spacial score (nSPS) is 26.1. The quantitative estimate of drug-likeness (QED) is 0.605. The molecule has 0 amide bonds. The Morgan fingerprint density at radius 2 is 2.27 bits per heavy atom. The van der Waals surface area contributed by atoms with Crippen LogP contribution in [-0.2, 0) is 9.84 Å². The van der Waals surface area contributed by atoms with Crippen molar-refractivity contribution < 1.29 is 8.42 Å². The topological polar surface area (TPSA) is 60.2 Å². The Balaban J connectivity index is 2.54. The predicted octanol–water partition coefficient (Wildman–Crippen LogP) is 0.0801. The van der Waals surface area contributed by atoms with E-state index < -0.39 is 9.84 Å². The molecule has 11 heavy (non-hydrogen) atoms. The molecular weight excluding hydrogens is 162 g/mol. The molecule has 4 heteroatoms. The lowest BCUT2D eigenvalue weighted by atomic mass is 10.2. The van der Waals surface area contributed by atoms with Gasteiger partial charge in [0.05, 0.1) is 11.5 Å². The number of hydrogen-bond acceptors (Lipinski definition) is 3. The highest BCUT2D eigenvalue weighted by Crippen LogP contribution is 2.17. The minimum atomic E-state index is -2.73. The van der Waals surface area contributed by atoms with Crippen LogP contribution in [0.5, 0.6) is 0 Å². The van der Waals surface area contributed by atoms with Crippen LogP contribution in [0.4, 0.5) is 0 Å². The fourth-order valence-electron chi connectivity index (χ4n) is 1.16. The van der Waals surface area contributed by atoms with Crippen LogP contribution in [-0.4, -0.2) is 26.5 Å². The summed E-state index contributed by atoms with van der Waals surface area (Å²) >= 11 is 0. The third-order valence-electron chi connectivity index (χ3n) is 1.74. The zero-order valence-electron chi connectivity index (χ0n) is 6.41. The Morgan fingerprint density at radius 1 is 1.55 bits per heavy atom. The van der Waals surface area contributed by atoms with Gasteiger partial charge in [-0.15, -0.1) is 0 Å². The molecular formula is C7H13NO2S. The van der Waals surface area contributed by atoms with E-state index in [1.807, 2.05) is 6.08 Å². The van der Waals surface area contributed by atoms with Gasteiger partial charge in [-0.05, 0) is 19.4 Å². The minimum Gasteiger partial charge on any atom is -0.330 e. The first-order chi connectivity index (χ1) is 5.14. The van der Waals surface area contributed by atoms with E-state index in [4.69, 9.17) is 5.73 Å². The summed E-state index contributed by atoms with van der Waals surface area (Å²) in [5.41, 5.74) is 6.32. The van der Waals surface area contributed by atoms with Gasteiger partial charge in [0, 0.05) is 0 Å². The summed E-state index contributed by atoms with van der Waals surface area (Å²) < 4.78 is 21.9. The zero-order valence-corrected chi connectivity index (χ0v) is 7.23. The second-order valence-electron chi connectivity index (χ2n) is 2.78. The monoisotopic (exact) mass is 175 g/mol. The fraction of sp³-hybridized carbons (Fsp3) is 0.714. The van der Waals surface area contributed by atoms with E-state index in [2.05, 4.69) is 0 Å². The van der Waals surface area contributed by atoms with E-state index in [0.717, 1.165) is 12.0 Å². The SMILES string of the molecule is NCCC=C1CCS(=O)(=O)C1. The lowest BCUT2D eigenvalue weighted by Crippen LogP contribution is -2.00. The molecule has 0 bridgehead atoms. The van der Waals surface area contributed by atoms with Crippen molar-refractivity contribution in [2.75, 3.05) is 18.1 Å². The molecule has 0 aromatic heterocycles. The van der Waals surface area contributed by atoms with Crippen LogP contribution in [0.25, 0.3) is 0 Å². The van der Waals surface area contributed by atoms with Crippen molar-refractivity contribution in [2.24, 2.45) is 5.73 Å². The first kappa shape index (κ1) is 8.74. The molecule has 0 spiro atoms. The van der Waals surface area contributed by atoms with E-state index in [9.17, 15) is 8.42 Å². The van der Waals surface area contributed by atoms with Crippen LogP contribution in [0, 0.1) is 0 Å². The average molecular weight is 175 g/mol. The molecule has 1 aliphatic rings. The summed E-state index contributed by atoms with van der Waals surface area (Å²) in [5.74, 6) is 0.580. The molecule has 1 fully saturated rings. The molecule has 3 nitrogen and oxygen atoms in total. The molecule has 64 valence electrons. The van der Waals surface area contributed by atoms with E-state index in [1.54, 1.807) is 0 Å². The predicted molar refractivity (Wildman–Crippen MR) is 45.0 cm³/mol. The van der Waals surface area contributed by atoms with Gasteiger partial charge < -0.3 is 5.73 Å². The molecule has 1 heterocycles. The molecule has 0 radical (unpaired) electrons. The van der Waals surface area contributed by atoms with Gasteiger partial charge in [-0.25, -0.2) is 8.42 Å². The van der Waals surface area contributed by atoms with Crippen LogP contribution in [0.15, 0.2) is 11.6 Å². The molecule has 0 aromatic carbocycles. The smallest absolute Gasteiger partial charge is 0.154 e. The van der Waals surface area contributed by atoms with E-state index in [-0.39, 0.29) is 5.75 Å². The summed E-state index contributed by atoms with van der Waals surface area (Å²) in [6.45, 7) is 0.601. The highest BCUT2D eigenvalue weighted by Gasteiger charge is 2.21. The standard InChI is InChI=1S/C7H13NO2S/c8-4-1-2-7-3-5-11(9,10)6-7/h2H,1,3-6,8H2. The first-order valence-corrected chi connectivity index (χ1v) is 5.54. The van der Waals surface area contributed by atoms with Crippen molar-refractivity contribution in [3.63, 3.8) is 0 Å². The lowest BCUT2D eigenvalue weighted by molar-refractivity contribution is 0.602. The first-order valence-electron chi connectivity index (χ1n) is 3.72. The summed E-state index contributed by atoms with van der Waals surface area (Å²) in [4.78, 5) is 0. The lowest BCUT2D eigenvalue weighted by Gasteiger charge is -1.91. The second kappa shape index (κ2) is 3.36. The van der Waals surface area contributed by atoms with E-state index >= 15 is 0 Å². The molecule has 0 atom stereocenters. The molecule has 0 aliphatic carbocycles. The Morgan fingerprint density at radius 3 is 2.73 bits per heavy atom. The third-order valence-corrected chi connectivity index (χ3v) is 3.38. The number of rotatable bonds is 2. The Bertz CT molecular complexity index is 254. The largest absolute Gasteiger partial charge is 0.330 e. The van der Waals surface area contributed by atoms with Crippen molar-refractivity contribution in [3.8, 4) is 0 Å². The van der Waals surface area contributed by atoms with Crippen molar-refractivity contribution in [3.05, 3.63) is 11.6 Å². The highest BCUT2D eigenvalue weighted by molar-refractivity contribution is 7.91. The van der Waals surface area contributed by atoms with Crippen LogP contribution < -0.4 is 5.73 Å². The van der Waals surface area contributed by atoms with Crippen LogP contribution in [0.2, 0.25) is 0 Å². The maximum atomic E-state index is 10.9. The molecule has 0 aromatic rings. The average Bonchev–Trinajstić information content (AvgIpc) is 2.26.